The Labute approximate surface area is 140 Å². The molecule has 0 fully saturated rings. The molecule has 1 heterocycles. The van der Waals surface area contributed by atoms with Crippen molar-refractivity contribution in [3.05, 3.63) is 63.2 Å². The fourth-order valence-electron chi connectivity index (χ4n) is 2.09. The number of hydrogen-bond donors (Lipinski definition) is 2. The standard InChI is InChI=1S/C15H11N5O5/c16-7-9-5-11(20(24)25)6-12(13(9)15(22)23)14(21)19-2-1-10-8-17-3-4-18-10/h3-6,8H,1-2H2,(H,19,21)(H,22,23). The van der Waals surface area contributed by atoms with Gasteiger partial charge >= 0.3 is 5.97 Å². The highest BCUT2D eigenvalue weighted by atomic mass is 16.6. The monoisotopic (exact) mass is 341 g/mol. The molecule has 1 aromatic heterocycles. The summed E-state index contributed by atoms with van der Waals surface area (Å²) in [5.74, 6) is -2.35. The van der Waals surface area contributed by atoms with E-state index in [0.29, 0.717) is 12.1 Å². The molecule has 0 saturated carbocycles. The molecule has 0 atom stereocenters. The SMILES string of the molecule is N#Cc1cc([N+](=O)[O-])cc(C(=O)NCCc2cnccn2)c1C(=O)O. The fourth-order valence-corrected chi connectivity index (χ4v) is 2.09. The Bertz CT molecular complexity index is 876. The van der Waals surface area contributed by atoms with Crippen molar-refractivity contribution in [1.82, 2.24) is 15.3 Å². The van der Waals surface area contributed by atoms with Crippen molar-refractivity contribution in [2.24, 2.45) is 0 Å². The van der Waals surface area contributed by atoms with Crippen LogP contribution in [-0.2, 0) is 6.42 Å². The number of non-ortho nitro benzene ring substituents is 1. The molecule has 2 aromatic rings. The summed E-state index contributed by atoms with van der Waals surface area (Å²) < 4.78 is 0. The van der Waals surface area contributed by atoms with Gasteiger partial charge in [0.2, 0.25) is 0 Å². The van der Waals surface area contributed by atoms with E-state index >= 15 is 0 Å². The molecule has 0 aliphatic heterocycles. The molecule has 2 N–H and O–H groups in total. The number of carbonyl (C=O) groups is 2. The minimum absolute atomic E-state index is 0.112. The molecule has 0 radical (unpaired) electrons. The van der Waals surface area contributed by atoms with Crippen LogP contribution in [0.25, 0.3) is 0 Å². The Balaban J connectivity index is 2.27. The first-order valence-electron chi connectivity index (χ1n) is 6.93. The van der Waals surface area contributed by atoms with Gasteiger partial charge in [-0.25, -0.2) is 4.79 Å². The summed E-state index contributed by atoms with van der Waals surface area (Å²) in [7, 11) is 0. The van der Waals surface area contributed by atoms with Crippen molar-refractivity contribution in [2.45, 2.75) is 6.42 Å². The largest absolute Gasteiger partial charge is 0.478 e. The average Bonchev–Trinajstić information content (AvgIpc) is 2.61. The van der Waals surface area contributed by atoms with Gasteiger partial charge in [-0.3, -0.25) is 24.9 Å². The maximum absolute atomic E-state index is 12.3. The lowest BCUT2D eigenvalue weighted by Gasteiger charge is -2.09. The number of nitriles is 1. The third-order valence-electron chi connectivity index (χ3n) is 3.20. The van der Waals surface area contributed by atoms with Crippen LogP contribution < -0.4 is 5.32 Å². The van der Waals surface area contributed by atoms with Crippen LogP contribution in [0.1, 0.15) is 32.0 Å². The second kappa shape index (κ2) is 7.60. The minimum Gasteiger partial charge on any atom is -0.478 e. The Morgan fingerprint density at radius 2 is 2.12 bits per heavy atom. The molecule has 0 unspecified atom stereocenters. The first-order chi connectivity index (χ1) is 11.9. The lowest BCUT2D eigenvalue weighted by atomic mass is 9.99. The van der Waals surface area contributed by atoms with Gasteiger partial charge in [0, 0.05) is 43.7 Å². The van der Waals surface area contributed by atoms with Gasteiger partial charge in [0.1, 0.15) is 6.07 Å². The number of nitrogens with zero attached hydrogens (tertiary/aromatic N) is 4. The normalized spacial score (nSPS) is 9.88. The Morgan fingerprint density at radius 1 is 1.36 bits per heavy atom. The van der Waals surface area contributed by atoms with E-state index in [2.05, 4.69) is 15.3 Å². The maximum atomic E-state index is 12.3. The van der Waals surface area contributed by atoms with Crippen molar-refractivity contribution in [3.8, 4) is 6.07 Å². The summed E-state index contributed by atoms with van der Waals surface area (Å²) in [4.78, 5) is 41.6. The van der Waals surface area contributed by atoms with Crippen molar-refractivity contribution in [1.29, 1.82) is 5.26 Å². The first-order valence-corrected chi connectivity index (χ1v) is 6.93. The molecule has 1 aromatic carbocycles. The van der Waals surface area contributed by atoms with Crippen molar-refractivity contribution in [2.75, 3.05) is 6.54 Å². The summed E-state index contributed by atoms with van der Waals surface area (Å²) in [5.41, 5.74) is -1.41. The molecule has 0 aliphatic carbocycles. The number of carboxylic acids is 1. The highest BCUT2D eigenvalue weighted by molar-refractivity contribution is 6.06. The predicted molar refractivity (Wildman–Crippen MR) is 82.8 cm³/mol. The zero-order valence-corrected chi connectivity index (χ0v) is 12.7. The van der Waals surface area contributed by atoms with E-state index in [1.807, 2.05) is 0 Å². The molecule has 1 amide bonds. The lowest BCUT2D eigenvalue weighted by molar-refractivity contribution is -0.384. The molecular formula is C15H11N5O5. The van der Waals surface area contributed by atoms with Crippen molar-refractivity contribution >= 4 is 17.6 Å². The summed E-state index contributed by atoms with van der Waals surface area (Å²) in [6.07, 6.45) is 4.82. The van der Waals surface area contributed by atoms with E-state index in [9.17, 15) is 24.8 Å². The van der Waals surface area contributed by atoms with E-state index in [-0.39, 0.29) is 6.54 Å². The zero-order valence-electron chi connectivity index (χ0n) is 12.7. The van der Waals surface area contributed by atoms with Gasteiger partial charge in [0.15, 0.2) is 0 Å². The van der Waals surface area contributed by atoms with Crippen LogP contribution in [0.4, 0.5) is 5.69 Å². The number of aromatic nitrogens is 2. The van der Waals surface area contributed by atoms with Gasteiger partial charge in [-0.15, -0.1) is 0 Å². The van der Waals surface area contributed by atoms with Crippen molar-refractivity contribution in [3.63, 3.8) is 0 Å². The van der Waals surface area contributed by atoms with E-state index in [4.69, 9.17) is 5.26 Å². The second-order valence-electron chi connectivity index (χ2n) is 4.79. The summed E-state index contributed by atoms with van der Waals surface area (Å²) in [6, 6.07) is 3.22. The lowest BCUT2D eigenvalue weighted by Crippen LogP contribution is -2.28. The molecule has 0 spiro atoms. The Hall–Kier alpha value is -3.87. The summed E-state index contributed by atoms with van der Waals surface area (Å²) >= 11 is 0. The fraction of sp³-hybridized carbons (Fsp3) is 0.133. The number of carbonyl (C=O) groups excluding carboxylic acids is 1. The van der Waals surface area contributed by atoms with E-state index < -0.39 is 39.2 Å². The number of nitro benzene ring substituents is 1. The number of hydrogen-bond acceptors (Lipinski definition) is 7. The van der Waals surface area contributed by atoms with Crippen LogP contribution in [0.2, 0.25) is 0 Å². The number of amides is 1. The summed E-state index contributed by atoms with van der Waals surface area (Å²) in [5, 5.41) is 31.6. The molecular weight excluding hydrogens is 330 g/mol. The van der Waals surface area contributed by atoms with Gasteiger partial charge in [-0.1, -0.05) is 0 Å². The van der Waals surface area contributed by atoms with E-state index in [0.717, 1.165) is 12.1 Å². The van der Waals surface area contributed by atoms with Gasteiger partial charge in [0.25, 0.3) is 11.6 Å². The molecule has 10 nitrogen and oxygen atoms in total. The van der Waals surface area contributed by atoms with Crippen LogP contribution in [0.5, 0.6) is 0 Å². The quantitative estimate of drug-likeness (QED) is 0.579. The highest BCUT2D eigenvalue weighted by Crippen LogP contribution is 2.22. The van der Waals surface area contributed by atoms with E-state index in [1.54, 1.807) is 6.07 Å². The number of rotatable bonds is 6. The number of benzene rings is 1. The maximum Gasteiger partial charge on any atom is 0.337 e. The smallest absolute Gasteiger partial charge is 0.337 e. The number of nitro groups is 1. The molecule has 126 valence electrons. The molecule has 0 saturated heterocycles. The second-order valence-corrected chi connectivity index (χ2v) is 4.79. The van der Waals surface area contributed by atoms with Gasteiger partial charge in [-0.2, -0.15) is 5.26 Å². The van der Waals surface area contributed by atoms with Crippen LogP contribution in [0.3, 0.4) is 0 Å². The predicted octanol–water partition coefficient (Wildman–Crippen LogP) is 0.927. The van der Waals surface area contributed by atoms with Gasteiger partial charge in [-0.05, 0) is 0 Å². The third-order valence-corrected chi connectivity index (χ3v) is 3.20. The van der Waals surface area contributed by atoms with E-state index in [1.165, 1.54) is 18.6 Å². The number of aromatic carboxylic acids is 1. The van der Waals surface area contributed by atoms with Gasteiger partial charge < -0.3 is 10.4 Å². The molecule has 0 aliphatic rings. The van der Waals surface area contributed by atoms with Crippen LogP contribution >= 0.6 is 0 Å². The first kappa shape index (κ1) is 17.5. The molecule has 0 bridgehead atoms. The van der Waals surface area contributed by atoms with Crippen molar-refractivity contribution < 1.29 is 19.6 Å². The topological polar surface area (TPSA) is 159 Å². The minimum atomic E-state index is -1.52. The molecule has 25 heavy (non-hydrogen) atoms. The number of carboxylic acid groups (broad SMARTS) is 1. The molecule has 2 rings (SSSR count). The zero-order chi connectivity index (χ0) is 18.4. The third kappa shape index (κ3) is 4.11. The Kier molecular flexibility index (Phi) is 5.32. The summed E-state index contributed by atoms with van der Waals surface area (Å²) in [6.45, 7) is 0.112. The van der Waals surface area contributed by atoms with Crippen LogP contribution in [-0.4, -0.2) is 38.4 Å². The Morgan fingerprint density at radius 3 is 2.68 bits per heavy atom. The highest BCUT2D eigenvalue weighted by Gasteiger charge is 2.25. The van der Waals surface area contributed by atoms with Crippen LogP contribution in [0.15, 0.2) is 30.7 Å². The van der Waals surface area contributed by atoms with Crippen LogP contribution in [0, 0.1) is 21.4 Å². The number of nitrogens with one attached hydrogen (secondary N) is 1. The average molecular weight is 341 g/mol. The van der Waals surface area contributed by atoms with Gasteiger partial charge in [0.05, 0.1) is 27.3 Å². The molecule has 10 heteroatoms.